The molecule has 7 nitrogen and oxygen atoms in total. The molecule has 0 amide bonds. The number of piperidine rings is 1. The van der Waals surface area contributed by atoms with Gasteiger partial charge in [0.05, 0.1) is 18.4 Å². The predicted octanol–water partition coefficient (Wildman–Crippen LogP) is 4.16. The van der Waals surface area contributed by atoms with E-state index in [4.69, 9.17) is 9.47 Å². The maximum Gasteiger partial charge on any atom is 0.339 e. The van der Waals surface area contributed by atoms with Gasteiger partial charge in [0.15, 0.2) is 0 Å². The van der Waals surface area contributed by atoms with Crippen molar-refractivity contribution in [3.05, 3.63) is 102 Å². The molecular formula is C29H34N2O5S. The van der Waals surface area contributed by atoms with E-state index >= 15 is 0 Å². The Morgan fingerprint density at radius 2 is 1.68 bits per heavy atom. The van der Waals surface area contributed by atoms with E-state index in [2.05, 4.69) is 0 Å². The molecule has 3 aromatic rings. The van der Waals surface area contributed by atoms with Gasteiger partial charge in [-0.3, -0.25) is 0 Å². The topological polar surface area (TPSA) is 76.1 Å². The van der Waals surface area contributed by atoms with Crippen LogP contribution in [-0.4, -0.2) is 64.4 Å². The minimum Gasteiger partial charge on any atom is -0.497 e. The van der Waals surface area contributed by atoms with E-state index in [1.54, 1.807) is 35.7 Å². The highest BCUT2D eigenvalue weighted by Gasteiger charge is 2.50. The minimum atomic E-state index is -3.58. The third kappa shape index (κ3) is 6.21. The molecule has 0 aromatic heterocycles. The van der Waals surface area contributed by atoms with Gasteiger partial charge in [0, 0.05) is 32.0 Å². The lowest BCUT2D eigenvalue weighted by molar-refractivity contribution is -0.0880. The maximum atomic E-state index is 13.5. The van der Waals surface area contributed by atoms with Crippen LogP contribution in [-0.2, 0) is 26.1 Å². The molecule has 37 heavy (non-hydrogen) atoms. The van der Waals surface area contributed by atoms with Crippen molar-refractivity contribution in [3.8, 4) is 5.75 Å². The zero-order chi connectivity index (χ0) is 26.5. The second-order valence-corrected chi connectivity index (χ2v) is 11.7. The molecule has 1 aliphatic rings. The van der Waals surface area contributed by atoms with Gasteiger partial charge in [-0.2, -0.15) is 0 Å². The van der Waals surface area contributed by atoms with Gasteiger partial charge >= 0.3 is 5.97 Å². The fourth-order valence-corrected chi connectivity index (χ4v) is 6.59. The zero-order valence-electron chi connectivity index (χ0n) is 21.5. The lowest BCUT2D eigenvalue weighted by atomic mass is 9.75. The number of sulfonamides is 1. The van der Waals surface area contributed by atoms with Gasteiger partial charge in [-0.05, 0) is 49.5 Å². The summed E-state index contributed by atoms with van der Waals surface area (Å²) >= 11 is 0. The Kier molecular flexibility index (Phi) is 8.32. The number of benzene rings is 3. The van der Waals surface area contributed by atoms with Crippen molar-refractivity contribution in [2.75, 3.05) is 40.8 Å². The van der Waals surface area contributed by atoms with Crippen LogP contribution in [0.1, 0.15) is 27.9 Å². The van der Waals surface area contributed by atoms with Crippen molar-refractivity contribution in [2.24, 2.45) is 5.92 Å². The number of methoxy groups -OCH3 is 1. The van der Waals surface area contributed by atoms with E-state index in [1.807, 2.05) is 79.7 Å². The molecule has 2 atom stereocenters. The largest absolute Gasteiger partial charge is 0.497 e. The highest BCUT2D eigenvalue weighted by Crippen LogP contribution is 2.44. The second kappa shape index (κ2) is 11.5. The lowest BCUT2D eigenvalue weighted by Gasteiger charge is -2.47. The number of nitrogens with zero attached hydrogens (tertiary/aromatic N) is 2. The molecule has 0 N–H and O–H groups in total. The molecule has 4 rings (SSSR count). The normalized spacial score (nSPS) is 20.5. The highest BCUT2D eigenvalue weighted by atomic mass is 32.2. The summed E-state index contributed by atoms with van der Waals surface area (Å²) < 4.78 is 40.4. The van der Waals surface area contributed by atoms with Gasteiger partial charge in [0.1, 0.15) is 11.4 Å². The van der Waals surface area contributed by atoms with Crippen LogP contribution in [0.2, 0.25) is 0 Å². The smallest absolute Gasteiger partial charge is 0.339 e. The quantitative estimate of drug-likeness (QED) is 0.393. The number of carbonyl (C=O) groups excluding carboxylic acids is 1. The van der Waals surface area contributed by atoms with E-state index < -0.39 is 21.6 Å². The number of carbonyl (C=O) groups is 1. The molecule has 1 saturated heterocycles. The molecule has 0 bridgehead atoms. The van der Waals surface area contributed by atoms with E-state index in [9.17, 15) is 13.2 Å². The number of ether oxygens (including phenoxy) is 2. The Morgan fingerprint density at radius 1 is 1.00 bits per heavy atom. The molecule has 0 unspecified atom stereocenters. The van der Waals surface area contributed by atoms with E-state index in [-0.39, 0.29) is 24.8 Å². The fraction of sp³-hybridized carbons (Fsp3) is 0.345. The van der Waals surface area contributed by atoms with Crippen molar-refractivity contribution in [1.82, 2.24) is 9.21 Å². The molecule has 0 aliphatic carbocycles. The Bertz CT molecular complexity index is 1300. The highest BCUT2D eigenvalue weighted by molar-refractivity contribution is 7.88. The van der Waals surface area contributed by atoms with Crippen LogP contribution in [0.15, 0.2) is 84.9 Å². The predicted molar refractivity (Wildman–Crippen MR) is 144 cm³/mol. The van der Waals surface area contributed by atoms with Gasteiger partial charge in [-0.25, -0.2) is 17.5 Å². The molecule has 1 fully saturated rings. The van der Waals surface area contributed by atoms with Crippen molar-refractivity contribution in [3.63, 3.8) is 0 Å². The number of esters is 1. The van der Waals surface area contributed by atoms with Crippen molar-refractivity contribution in [2.45, 2.75) is 17.8 Å². The zero-order valence-corrected chi connectivity index (χ0v) is 22.4. The fourth-order valence-electron chi connectivity index (χ4n) is 5.01. The average molecular weight is 523 g/mol. The Labute approximate surface area is 219 Å². The molecule has 0 saturated carbocycles. The summed E-state index contributed by atoms with van der Waals surface area (Å²) in [4.78, 5) is 15.4. The first-order chi connectivity index (χ1) is 17.7. The first-order valence-corrected chi connectivity index (χ1v) is 13.9. The molecule has 1 aliphatic heterocycles. The molecule has 0 radical (unpaired) electrons. The van der Waals surface area contributed by atoms with Crippen LogP contribution in [0.5, 0.6) is 5.75 Å². The number of rotatable bonds is 9. The summed E-state index contributed by atoms with van der Waals surface area (Å²) in [6.07, 6.45) is 0.325. The molecule has 8 heteroatoms. The van der Waals surface area contributed by atoms with Crippen molar-refractivity contribution >= 4 is 16.0 Å². The van der Waals surface area contributed by atoms with Gasteiger partial charge < -0.3 is 14.4 Å². The molecule has 196 valence electrons. The minimum absolute atomic E-state index is 0.0709. The van der Waals surface area contributed by atoms with Gasteiger partial charge in [0.25, 0.3) is 0 Å². The summed E-state index contributed by atoms with van der Waals surface area (Å²) in [5.41, 5.74) is 0.951. The van der Waals surface area contributed by atoms with E-state index in [1.165, 1.54) is 0 Å². The lowest BCUT2D eigenvalue weighted by Crippen LogP contribution is -2.56. The van der Waals surface area contributed by atoms with Crippen LogP contribution >= 0.6 is 0 Å². The molecule has 3 aromatic carbocycles. The van der Waals surface area contributed by atoms with Gasteiger partial charge in [0.2, 0.25) is 10.0 Å². The number of hydrogen-bond donors (Lipinski definition) is 0. The third-order valence-corrected chi connectivity index (χ3v) is 8.65. The summed E-state index contributed by atoms with van der Waals surface area (Å²) in [6.45, 7) is 0.988. The Hall–Kier alpha value is -3.20. The first-order valence-electron chi connectivity index (χ1n) is 12.3. The van der Waals surface area contributed by atoms with Crippen LogP contribution in [0.4, 0.5) is 0 Å². The van der Waals surface area contributed by atoms with Crippen molar-refractivity contribution < 1.29 is 22.7 Å². The summed E-state index contributed by atoms with van der Waals surface area (Å²) in [5, 5.41) is 0. The number of hydrogen-bond acceptors (Lipinski definition) is 6. The SMILES string of the molecule is COc1cccc([C@]2(OC(=O)c3ccccc3)CCN(S(=O)(=O)Cc3ccccc3)C[C@H]2CN(C)C)c1. The monoisotopic (exact) mass is 522 g/mol. The van der Waals surface area contributed by atoms with Crippen LogP contribution in [0, 0.1) is 5.92 Å². The second-order valence-electron chi connectivity index (χ2n) is 9.69. The maximum absolute atomic E-state index is 13.5. The molecule has 0 spiro atoms. The summed E-state index contributed by atoms with van der Waals surface area (Å²) in [5.74, 6) is -0.178. The summed E-state index contributed by atoms with van der Waals surface area (Å²) in [7, 11) is 1.89. The van der Waals surface area contributed by atoms with Gasteiger partial charge in [-0.1, -0.05) is 60.7 Å². The summed E-state index contributed by atoms with van der Waals surface area (Å²) in [6, 6.07) is 25.6. The average Bonchev–Trinajstić information content (AvgIpc) is 2.90. The third-order valence-electron chi connectivity index (χ3n) is 6.83. The molecule has 1 heterocycles. The molecular weight excluding hydrogens is 488 g/mol. The van der Waals surface area contributed by atoms with Crippen molar-refractivity contribution in [1.29, 1.82) is 0 Å². The van der Waals surface area contributed by atoms with Crippen LogP contribution < -0.4 is 4.74 Å². The Morgan fingerprint density at radius 3 is 2.32 bits per heavy atom. The van der Waals surface area contributed by atoms with E-state index in [0.29, 0.717) is 24.3 Å². The van der Waals surface area contributed by atoms with Crippen LogP contribution in [0.25, 0.3) is 0 Å². The standard InChI is InChI=1S/C29H34N2O5S/c1-30(2)20-26-21-31(37(33,34)22-23-11-6-4-7-12-23)18-17-29(26,25-15-10-16-27(19-25)35-3)36-28(32)24-13-8-5-9-14-24/h4-16,19,26H,17-18,20-22H2,1-3H3/t26-,29-/m1/s1. The first kappa shape index (κ1) is 26.9. The van der Waals surface area contributed by atoms with Gasteiger partial charge in [-0.15, -0.1) is 0 Å². The van der Waals surface area contributed by atoms with Crippen LogP contribution in [0.3, 0.4) is 0 Å². The Balaban J connectivity index is 1.73. The van der Waals surface area contributed by atoms with E-state index in [0.717, 1.165) is 11.1 Å².